The molecule has 4 heteroatoms. The smallest absolute Gasteiger partial charge is 0.130 e. The van der Waals surface area contributed by atoms with Crippen LogP contribution in [0.4, 0.5) is 8.78 Å². The molecule has 0 amide bonds. The zero-order chi connectivity index (χ0) is 12.0. The van der Waals surface area contributed by atoms with Crippen LogP contribution in [-0.2, 0) is 0 Å². The largest absolute Gasteiger partial charge is 0.329 e. The van der Waals surface area contributed by atoms with Gasteiger partial charge < -0.3 is 11.1 Å². The number of terminal acetylenes is 1. The third-order valence-electron chi connectivity index (χ3n) is 2.24. The van der Waals surface area contributed by atoms with Gasteiger partial charge in [-0.3, -0.25) is 0 Å². The number of benzene rings is 1. The van der Waals surface area contributed by atoms with Gasteiger partial charge in [0.15, 0.2) is 0 Å². The van der Waals surface area contributed by atoms with Crippen LogP contribution < -0.4 is 11.1 Å². The van der Waals surface area contributed by atoms with Crippen LogP contribution in [0.1, 0.15) is 18.0 Å². The first kappa shape index (κ1) is 12.6. The van der Waals surface area contributed by atoms with Crippen molar-refractivity contribution in [1.29, 1.82) is 0 Å². The van der Waals surface area contributed by atoms with Gasteiger partial charge in [-0.15, -0.1) is 12.3 Å². The maximum absolute atomic E-state index is 13.4. The summed E-state index contributed by atoms with van der Waals surface area (Å²) >= 11 is 0. The second-order valence-corrected chi connectivity index (χ2v) is 3.33. The van der Waals surface area contributed by atoms with Crippen LogP contribution in [0.15, 0.2) is 18.2 Å². The summed E-state index contributed by atoms with van der Waals surface area (Å²) in [6.07, 6.45) is 5.58. The zero-order valence-electron chi connectivity index (χ0n) is 8.84. The predicted octanol–water partition coefficient (Wildman–Crippen LogP) is 1.58. The lowest BCUT2D eigenvalue weighted by molar-refractivity contribution is 0.475. The molecule has 0 spiro atoms. The highest BCUT2D eigenvalue weighted by molar-refractivity contribution is 5.23. The van der Waals surface area contributed by atoms with Gasteiger partial charge in [-0.05, 0) is 12.1 Å². The fraction of sp³-hybridized carbons (Fsp3) is 0.333. The predicted molar refractivity (Wildman–Crippen MR) is 59.6 cm³/mol. The summed E-state index contributed by atoms with van der Waals surface area (Å²) in [6, 6.07) is 3.20. The fourth-order valence-corrected chi connectivity index (χ4v) is 1.47. The Hall–Kier alpha value is -1.44. The number of hydrogen-bond acceptors (Lipinski definition) is 2. The van der Waals surface area contributed by atoms with Gasteiger partial charge >= 0.3 is 0 Å². The van der Waals surface area contributed by atoms with Crippen LogP contribution in [0.3, 0.4) is 0 Å². The molecule has 0 aliphatic carbocycles. The van der Waals surface area contributed by atoms with Crippen LogP contribution >= 0.6 is 0 Å². The van der Waals surface area contributed by atoms with Gasteiger partial charge in [0.05, 0.1) is 6.04 Å². The Bertz CT molecular complexity index is 365. The standard InChI is InChI=1S/C12H14F2N2/c1-2-3-7-16-11(8-15)12-9(13)5-4-6-10(12)14/h1,4-6,11,16H,3,7-8,15H2. The van der Waals surface area contributed by atoms with Gasteiger partial charge in [-0.1, -0.05) is 6.07 Å². The van der Waals surface area contributed by atoms with E-state index in [1.165, 1.54) is 18.2 Å². The van der Waals surface area contributed by atoms with E-state index in [0.29, 0.717) is 13.0 Å². The van der Waals surface area contributed by atoms with E-state index in [4.69, 9.17) is 12.2 Å². The highest BCUT2D eigenvalue weighted by Gasteiger charge is 2.17. The van der Waals surface area contributed by atoms with E-state index in [-0.39, 0.29) is 12.1 Å². The molecule has 0 saturated carbocycles. The average molecular weight is 224 g/mol. The number of hydrogen-bond donors (Lipinski definition) is 2. The Kier molecular flexibility index (Phi) is 4.90. The van der Waals surface area contributed by atoms with Crippen LogP contribution in [0.5, 0.6) is 0 Å². The maximum atomic E-state index is 13.4. The summed E-state index contributed by atoms with van der Waals surface area (Å²) in [5.41, 5.74) is 5.45. The minimum atomic E-state index is -0.594. The van der Waals surface area contributed by atoms with Gasteiger partial charge in [-0.25, -0.2) is 8.78 Å². The van der Waals surface area contributed by atoms with E-state index in [2.05, 4.69) is 11.2 Å². The van der Waals surface area contributed by atoms with Crippen molar-refractivity contribution in [3.8, 4) is 12.3 Å². The van der Waals surface area contributed by atoms with Crippen LogP contribution in [0, 0.1) is 24.0 Å². The average Bonchev–Trinajstić information content (AvgIpc) is 2.26. The van der Waals surface area contributed by atoms with Crippen LogP contribution in [-0.4, -0.2) is 13.1 Å². The monoisotopic (exact) mass is 224 g/mol. The summed E-state index contributed by atoms with van der Waals surface area (Å²) in [4.78, 5) is 0. The molecule has 2 nitrogen and oxygen atoms in total. The van der Waals surface area contributed by atoms with E-state index >= 15 is 0 Å². The molecule has 1 rings (SSSR count). The van der Waals surface area contributed by atoms with Gasteiger partial charge in [-0.2, -0.15) is 0 Å². The van der Waals surface area contributed by atoms with Crippen molar-refractivity contribution in [2.75, 3.05) is 13.1 Å². The number of nitrogens with one attached hydrogen (secondary N) is 1. The van der Waals surface area contributed by atoms with E-state index < -0.39 is 17.7 Å². The summed E-state index contributed by atoms with van der Waals surface area (Å²) in [6.45, 7) is 0.592. The van der Waals surface area contributed by atoms with Crippen molar-refractivity contribution in [3.63, 3.8) is 0 Å². The fourth-order valence-electron chi connectivity index (χ4n) is 1.47. The van der Waals surface area contributed by atoms with E-state index in [0.717, 1.165) is 0 Å². The molecule has 86 valence electrons. The molecule has 0 aromatic heterocycles. The first-order chi connectivity index (χ1) is 7.70. The third-order valence-corrected chi connectivity index (χ3v) is 2.24. The zero-order valence-corrected chi connectivity index (χ0v) is 8.84. The van der Waals surface area contributed by atoms with Gasteiger partial charge in [0.25, 0.3) is 0 Å². The van der Waals surface area contributed by atoms with Gasteiger partial charge in [0, 0.05) is 25.1 Å². The lowest BCUT2D eigenvalue weighted by Gasteiger charge is -2.17. The quantitative estimate of drug-likeness (QED) is 0.588. The van der Waals surface area contributed by atoms with Crippen molar-refractivity contribution < 1.29 is 8.78 Å². The van der Waals surface area contributed by atoms with Gasteiger partial charge in [0.1, 0.15) is 11.6 Å². The first-order valence-corrected chi connectivity index (χ1v) is 5.01. The summed E-state index contributed by atoms with van der Waals surface area (Å²) in [5, 5.41) is 2.92. The molecule has 0 aliphatic heterocycles. The lowest BCUT2D eigenvalue weighted by Crippen LogP contribution is -2.30. The van der Waals surface area contributed by atoms with Crippen molar-refractivity contribution in [2.24, 2.45) is 5.73 Å². The Balaban J connectivity index is 2.83. The van der Waals surface area contributed by atoms with E-state index in [1.807, 2.05) is 0 Å². The molecule has 0 bridgehead atoms. The molecule has 1 aromatic rings. The SMILES string of the molecule is C#CCCNC(CN)c1c(F)cccc1F. The molecule has 0 radical (unpaired) electrons. The molecule has 3 N–H and O–H groups in total. The van der Waals surface area contributed by atoms with Gasteiger partial charge in [0.2, 0.25) is 0 Å². The second kappa shape index (κ2) is 6.21. The van der Waals surface area contributed by atoms with Crippen molar-refractivity contribution >= 4 is 0 Å². The van der Waals surface area contributed by atoms with Crippen LogP contribution in [0.25, 0.3) is 0 Å². The van der Waals surface area contributed by atoms with Crippen molar-refractivity contribution in [1.82, 2.24) is 5.32 Å². The number of nitrogens with two attached hydrogens (primary N) is 1. The molecular formula is C12H14F2N2. The summed E-state index contributed by atoms with van der Waals surface area (Å²) in [5.74, 6) is 1.25. The molecule has 0 saturated heterocycles. The Morgan fingerprint density at radius 1 is 1.38 bits per heavy atom. The minimum Gasteiger partial charge on any atom is -0.329 e. The highest BCUT2D eigenvalue weighted by atomic mass is 19.1. The molecule has 1 atom stereocenters. The Labute approximate surface area is 93.8 Å². The summed E-state index contributed by atoms with van der Waals surface area (Å²) in [7, 11) is 0. The normalized spacial score (nSPS) is 12.1. The maximum Gasteiger partial charge on any atom is 0.130 e. The number of halogens is 2. The first-order valence-electron chi connectivity index (χ1n) is 5.01. The molecule has 0 fully saturated rings. The molecular weight excluding hydrogens is 210 g/mol. The highest BCUT2D eigenvalue weighted by Crippen LogP contribution is 2.19. The molecule has 0 heterocycles. The Morgan fingerprint density at radius 3 is 2.50 bits per heavy atom. The van der Waals surface area contributed by atoms with Crippen LogP contribution in [0.2, 0.25) is 0 Å². The number of rotatable bonds is 5. The second-order valence-electron chi connectivity index (χ2n) is 3.33. The molecule has 16 heavy (non-hydrogen) atoms. The third kappa shape index (κ3) is 3.02. The van der Waals surface area contributed by atoms with Crippen molar-refractivity contribution in [2.45, 2.75) is 12.5 Å². The van der Waals surface area contributed by atoms with E-state index in [1.54, 1.807) is 0 Å². The molecule has 1 aromatic carbocycles. The molecule has 0 aliphatic rings. The van der Waals surface area contributed by atoms with E-state index in [9.17, 15) is 8.78 Å². The molecule has 1 unspecified atom stereocenters. The van der Waals surface area contributed by atoms with Crippen molar-refractivity contribution in [3.05, 3.63) is 35.4 Å². The Morgan fingerprint density at radius 2 is 2.00 bits per heavy atom. The lowest BCUT2D eigenvalue weighted by atomic mass is 10.1. The topological polar surface area (TPSA) is 38.0 Å². The minimum absolute atomic E-state index is 0.0259. The summed E-state index contributed by atoms with van der Waals surface area (Å²) < 4.78 is 26.8.